The van der Waals surface area contributed by atoms with Gasteiger partial charge in [-0.15, -0.1) is 0 Å². The number of sulfonamides is 2. The zero-order chi connectivity index (χ0) is 23.8. The number of hydrogen-bond donors (Lipinski definition) is 0. The van der Waals surface area contributed by atoms with Crippen molar-refractivity contribution in [3.05, 3.63) is 47.5 Å². The van der Waals surface area contributed by atoms with E-state index in [4.69, 9.17) is 4.74 Å². The summed E-state index contributed by atoms with van der Waals surface area (Å²) in [5, 5.41) is 0. The van der Waals surface area contributed by atoms with Gasteiger partial charge in [0, 0.05) is 32.7 Å². The summed E-state index contributed by atoms with van der Waals surface area (Å²) in [6.45, 7) is 5.78. The summed E-state index contributed by atoms with van der Waals surface area (Å²) in [6, 6.07) is 11.1. The summed E-state index contributed by atoms with van der Waals surface area (Å²) in [5.74, 6) is 0.894. The van der Waals surface area contributed by atoms with Crippen LogP contribution in [0.1, 0.15) is 24.0 Å². The molecule has 0 N–H and O–H groups in total. The van der Waals surface area contributed by atoms with Crippen molar-refractivity contribution in [2.24, 2.45) is 0 Å². The Hall–Kier alpha value is -2.30. The summed E-state index contributed by atoms with van der Waals surface area (Å²) >= 11 is 0. The average molecular weight is 494 g/mol. The zero-order valence-electron chi connectivity index (χ0n) is 19.3. The fourth-order valence-electron chi connectivity index (χ4n) is 4.58. The van der Waals surface area contributed by atoms with Crippen LogP contribution in [0.25, 0.3) is 0 Å². The first-order chi connectivity index (χ1) is 15.6. The molecule has 0 bridgehead atoms. The standard InChI is InChI=1S/C23H31N3O5S2/c1-18-17-23(19(2)16-21(18)26-10-6-7-15-32(26,27)28)33(29,30)25-13-11-24(12-14-25)20-8-4-5-9-22(20)31-3/h4-5,8-9,16-17H,6-7,10-15H2,1-3H3. The molecular weight excluding hydrogens is 462 g/mol. The molecule has 0 spiro atoms. The lowest BCUT2D eigenvalue weighted by atomic mass is 10.1. The highest BCUT2D eigenvalue weighted by Gasteiger charge is 2.33. The Morgan fingerprint density at radius 3 is 2.24 bits per heavy atom. The van der Waals surface area contributed by atoms with Gasteiger partial charge in [0.2, 0.25) is 20.0 Å². The minimum absolute atomic E-state index is 0.127. The lowest BCUT2D eigenvalue weighted by molar-refractivity contribution is 0.378. The van der Waals surface area contributed by atoms with Crippen LogP contribution in [0.4, 0.5) is 11.4 Å². The third-order valence-electron chi connectivity index (χ3n) is 6.39. The highest BCUT2D eigenvalue weighted by molar-refractivity contribution is 7.92. The SMILES string of the molecule is COc1ccccc1N1CCN(S(=O)(=O)c2cc(C)c(N3CCCCS3(=O)=O)cc2C)CC1. The maximum Gasteiger partial charge on any atom is 0.243 e. The van der Waals surface area contributed by atoms with Gasteiger partial charge in [-0.2, -0.15) is 4.31 Å². The van der Waals surface area contributed by atoms with Crippen molar-refractivity contribution < 1.29 is 21.6 Å². The summed E-state index contributed by atoms with van der Waals surface area (Å²) < 4.78 is 60.5. The van der Waals surface area contributed by atoms with Crippen LogP contribution in [0.5, 0.6) is 5.75 Å². The molecule has 180 valence electrons. The van der Waals surface area contributed by atoms with E-state index in [1.165, 1.54) is 8.61 Å². The highest BCUT2D eigenvalue weighted by atomic mass is 32.2. The van der Waals surface area contributed by atoms with Crippen LogP contribution in [0.3, 0.4) is 0 Å². The van der Waals surface area contributed by atoms with Crippen molar-refractivity contribution in [1.82, 2.24) is 4.31 Å². The largest absolute Gasteiger partial charge is 0.495 e. The van der Waals surface area contributed by atoms with E-state index in [9.17, 15) is 16.8 Å². The molecule has 0 atom stereocenters. The van der Waals surface area contributed by atoms with Crippen LogP contribution in [-0.2, 0) is 20.0 Å². The third-order valence-corrected chi connectivity index (χ3v) is 10.3. The molecule has 2 saturated heterocycles. The van der Waals surface area contributed by atoms with Crippen molar-refractivity contribution in [1.29, 1.82) is 0 Å². The molecule has 2 aromatic rings. The van der Waals surface area contributed by atoms with Crippen LogP contribution in [0.2, 0.25) is 0 Å². The molecule has 2 aliphatic heterocycles. The Labute approximate surface area is 196 Å². The molecule has 2 heterocycles. The van der Waals surface area contributed by atoms with Gasteiger partial charge in [0.1, 0.15) is 5.75 Å². The molecule has 0 radical (unpaired) electrons. The summed E-state index contributed by atoms with van der Waals surface area (Å²) in [7, 11) is -5.44. The molecule has 2 aliphatic rings. The normalized spacial score (nSPS) is 19.5. The first kappa shape index (κ1) is 23.8. The molecule has 0 amide bonds. The molecule has 2 fully saturated rings. The summed E-state index contributed by atoms with van der Waals surface area (Å²) in [6.07, 6.45) is 1.46. The van der Waals surface area contributed by atoms with E-state index in [1.807, 2.05) is 24.3 Å². The van der Waals surface area contributed by atoms with Crippen LogP contribution in [0, 0.1) is 13.8 Å². The van der Waals surface area contributed by atoms with E-state index in [0.29, 0.717) is 56.0 Å². The van der Waals surface area contributed by atoms with Crippen LogP contribution >= 0.6 is 0 Å². The number of nitrogens with zero attached hydrogens (tertiary/aromatic N) is 3. The molecule has 0 aliphatic carbocycles. The molecule has 0 aromatic heterocycles. The van der Waals surface area contributed by atoms with E-state index in [0.717, 1.165) is 17.9 Å². The van der Waals surface area contributed by atoms with Crippen molar-refractivity contribution in [3.63, 3.8) is 0 Å². The fraction of sp³-hybridized carbons (Fsp3) is 0.478. The van der Waals surface area contributed by atoms with Crippen molar-refractivity contribution in [2.75, 3.05) is 54.8 Å². The third kappa shape index (κ3) is 4.56. The van der Waals surface area contributed by atoms with Gasteiger partial charge >= 0.3 is 0 Å². The van der Waals surface area contributed by atoms with Gasteiger partial charge in [-0.3, -0.25) is 4.31 Å². The van der Waals surface area contributed by atoms with Gasteiger partial charge in [-0.1, -0.05) is 12.1 Å². The first-order valence-electron chi connectivity index (χ1n) is 11.1. The number of benzene rings is 2. The Morgan fingerprint density at radius 2 is 1.58 bits per heavy atom. The van der Waals surface area contributed by atoms with Crippen molar-refractivity contribution in [3.8, 4) is 5.75 Å². The predicted molar refractivity (Wildman–Crippen MR) is 130 cm³/mol. The Balaban J connectivity index is 1.56. The van der Waals surface area contributed by atoms with Crippen LogP contribution in [0.15, 0.2) is 41.3 Å². The topological polar surface area (TPSA) is 87.2 Å². The molecule has 8 nitrogen and oxygen atoms in total. The predicted octanol–water partition coefficient (Wildman–Crippen LogP) is 2.75. The number of hydrogen-bond acceptors (Lipinski definition) is 6. The van der Waals surface area contributed by atoms with Gasteiger partial charge in [0.15, 0.2) is 0 Å². The Kier molecular flexibility index (Phi) is 6.61. The highest BCUT2D eigenvalue weighted by Crippen LogP contribution is 2.33. The lowest BCUT2D eigenvalue weighted by Crippen LogP contribution is -2.48. The molecule has 2 aromatic carbocycles. The van der Waals surface area contributed by atoms with Gasteiger partial charge < -0.3 is 9.64 Å². The van der Waals surface area contributed by atoms with Gasteiger partial charge in [-0.25, -0.2) is 16.8 Å². The summed E-state index contributed by atoms with van der Waals surface area (Å²) in [5.41, 5.74) is 2.74. The van der Waals surface area contributed by atoms with E-state index < -0.39 is 20.0 Å². The number of aryl methyl sites for hydroxylation is 2. The van der Waals surface area contributed by atoms with Gasteiger partial charge in [0.25, 0.3) is 0 Å². The average Bonchev–Trinajstić information content (AvgIpc) is 2.80. The fourth-order valence-corrected chi connectivity index (χ4v) is 7.99. The van der Waals surface area contributed by atoms with Gasteiger partial charge in [0.05, 0.1) is 29.1 Å². The summed E-state index contributed by atoms with van der Waals surface area (Å²) in [4.78, 5) is 2.37. The maximum absolute atomic E-state index is 13.5. The van der Waals surface area contributed by atoms with E-state index in [-0.39, 0.29) is 10.6 Å². The van der Waals surface area contributed by atoms with E-state index in [1.54, 1.807) is 33.1 Å². The number of anilines is 2. The molecule has 4 rings (SSSR count). The van der Waals surface area contributed by atoms with Crippen LogP contribution < -0.4 is 13.9 Å². The van der Waals surface area contributed by atoms with E-state index in [2.05, 4.69) is 4.90 Å². The number of rotatable bonds is 5. The Bertz CT molecular complexity index is 1240. The van der Waals surface area contributed by atoms with Crippen molar-refractivity contribution in [2.45, 2.75) is 31.6 Å². The Morgan fingerprint density at radius 1 is 0.879 bits per heavy atom. The minimum atomic E-state index is -3.71. The lowest BCUT2D eigenvalue weighted by Gasteiger charge is -2.36. The zero-order valence-corrected chi connectivity index (χ0v) is 21.0. The minimum Gasteiger partial charge on any atom is -0.495 e. The monoisotopic (exact) mass is 493 g/mol. The number of para-hydroxylation sites is 2. The maximum atomic E-state index is 13.5. The number of piperazine rings is 1. The number of methoxy groups -OCH3 is 1. The van der Waals surface area contributed by atoms with Gasteiger partial charge in [-0.05, 0) is 62.1 Å². The van der Waals surface area contributed by atoms with E-state index >= 15 is 0 Å². The molecule has 10 heteroatoms. The molecular formula is C23H31N3O5S2. The first-order valence-corrected chi connectivity index (χ1v) is 14.2. The molecule has 33 heavy (non-hydrogen) atoms. The quantitative estimate of drug-likeness (QED) is 0.637. The van der Waals surface area contributed by atoms with Crippen LogP contribution in [-0.4, -0.2) is 66.7 Å². The smallest absolute Gasteiger partial charge is 0.243 e. The second-order valence-corrected chi connectivity index (χ2v) is 12.5. The van der Waals surface area contributed by atoms with Crippen molar-refractivity contribution >= 4 is 31.4 Å². The molecule has 0 saturated carbocycles. The second-order valence-electron chi connectivity index (χ2n) is 8.56. The second kappa shape index (κ2) is 9.15. The molecule has 0 unspecified atom stereocenters. The number of ether oxygens (including phenoxy) is 1.